The normalized spacial score (nSPS) is 14.6. The van der Waals surface area contributed by atoms with Gasteiger partial charge in [0.15, 0.2) is 0 Å². The number of aryl methyl sites for hydroxylation is 1. The Morgan fingerprint density at radius 3 is 2.68 bits per heavy atom. The molecule has 37 heavy (non-hydrogen) atoms. The molecule has 0 spiro atoms. The van der Waals surface area contributed by atoms with E-state index in [1.54, 1.807) is 24.5 Å². The molecule has 0 bridgehead atoms. The number of imidazole rings is 1. The lowest BCUT2D eigenvalue weighted by Crippen LogP contribution is -2.34. The average Bonchev–Trinajstić information content (AvgIpc) is 3.27. The van der Waals surface area contributed by atoms with Crippen molar-refractivity contribution in [1.29, 1.82) is 0 Å². The third kappa shape index (κ3) is 5.67. The van der Waals surface area contributed by atoms with Gasteiger partial charge in [0.25, 0.3) is 5.69 Å². The third-order valence-electron chi connectivity index (χ3n) is 6.98. The second kappa shape index (κ2) is 10.9. The molecule has 1 amide bonds. The van der Waals surface area contributed by atoms with Crippen molar-refractivity contribution in [3.63, 3.8) is 0 Å². The minimum absolute atomic E-state index is 0.0420. The largest absolute Gasteiger partial charge is 0.326 e. The van der Waals surface area contributed by atoms with Gasteiger partial charge < -0.3 is 14.8 Å². The van der Waals surface area contributed by atoms with Crippen molar-refractivity contribution in [3.8, 4) is 11.4 Å². The molecule has 9 heteroatoms. The van der Waals surface area contributed by atoms with Gasteiger partial charge in [0.05, 0.1) is 16.0 Å². The standard InChI is InChI=1S/C28H30N6O3/c1-20(35)30-24-7-2-5-22(17-24)21-10-15-32(16-11-21)13-4-14-33-27-9-8-25(34(36)37)18-26(27)31-28(33)23-6-3-12-29-19-23/h2-3,5-9,12,17-19,21H,4,10-11,13-16H2,1H3,(H,30,35). The number of carbonyl (C=O) groups is 1. The number of anilines is 1. The maximum atomic E-state index is 11.4. The Labute approximate surface area is 215 Å². The summed E-state index contributed by atoms with van der Waals surface area (Å²) in [7, 11) is 0. The zero-order valence-corrected chi connectivity index (χ0v) is 20.8. The first-order chi connectivity index (χ1) is 18.0. The van der Waals surface area contributed by atoms with Crippen LogP contribution in [0.1, 0.15) is 37.7 Å². The second-order valence-corrected chi connectivity index (χ2v) is 9.53. The Morgan fingerprint density at radius 1 is 1.11 bits per heavy atom. The van der Waals surface area contributed by atoms with Crippen LogP contribution in [-0.2, 0) is 11.3 Å². The molecule has 1 saturated heterocycles. The molecular weight excluding hydrogens is 468 g/mol. The Bertz CT molecular complexity index is 1410. The average molecular weight is 499 g/mol. The number of rotatable bonds is 8. The maximum absolute atomic E-state index is 11.4. The predicted octanol–water partition coefficient (Wildman–Crippen LogP) is 5.23. The van der Waals surface area contributed by atoms with E-state index in [4.69, 9.17) is 4.98 Å². The van der Waals surface area contributed by atoms with Crippen LogP contribution in [0.4, 0.5) is 11.4 Å². The van der Waals surface area contributed by atoms with Gasteiger partial charge in [-0.1, -0.05) is 12.1 Å². The van der Waals surface area contributed by atoms with Crippen molar-refractivity contribution in [3.05, 3.63) is 82.7 Å². The molecule has 1 fully saturated rings. The highest BCUT2D eigenvalue weighted by Crippen LogP contribution is 2.30. The third-order valence-corrected chi connectivity index (χ3v) is 6.98. The maximum Gasteiger partial charge on any atom is 0.271 e. The molecule has 190 valence electrons. The van der Waals surface area contributed by atoms with Crippen LogP contribution in [0.15, 0.2) is 67.0 Å². The number of benzene rings is 2. The summed E-state index contributed by atoms with van der Waals surface area (Å²) in [6.07, 6.45) is 6.61. The van der Waals surface area contributed by atoms with Gasteiger partial charge in [0.1, 0.15) is 5.82 Å². The fraction of sp³-hybridized carbons (Fsp3) is 0.321. The van der Waals surface area contributed by atoms with Crippen molar-refractivity contribution in [1.82, 2.24) is 19.4 Å². The number of nitro benzene ring substituents is 1. The highest BCUT2D eigenvalue weighted by molar-refractivity contribution is 5.88. The number of hydrogen-bond donors (Lipinski definition) is 1. The Morgan fingerprint density at radius 2 is 1.95 bits per heavy atom. The molecule has 0 aliphatic carbocycles. The number of hydrogen-bond acceptors (Lipinski definition) is 6. The summed E-state index contributed by atoms with van der Waals surface area (Å²) in [5.74, 6) is 1.22. The van der Waals surface area contributed by atoms with Crippen LogP contribution >= 0.6 is 0 Å². The minimum Gasteiger partial charge on any atom is -0.326 e. The quantitative estimate of drug-likeness (QED) is 0.263. The van der Waals surface area contributed by atoms with Crippen molar-refractivity contribution in [2.45, 2.75) is 38.6 Å². The molecule has 1 N–H and O–H groups in total. The number of amides is 1. The highest BCUT2D eigenvalue weighted by Gasteiger charge is 2.21. The Balaban J connectivity index is 1.24. The lowest BCUT2D eigenvalue weighted by Gasteiger charge is -2.32. The number of carbonyl (C=O) groups excluding carboxylic acids is 1. The number of pyridine rings is 1. The van der Waals surface area contributed by atoms with Crippen LogP contribution in [0.3, 0.4) is 0 Å². The van der Waals surface area contributed by atoms with Gasteiger partial charge in [-0.3, -0.25) is 19.9 Å². The first kappa shape index (κ1) is 24.6. The molecule has 2 aromatic carbocycles. The van der Waals surface area contributed by atoms with Crippen LogP contribution < -0.4 is 5.32 Å². The number of nitrogens with one attached hydrogen (secondary N) is 1. The fourth-order valence-corrected chi connectivity index (χ4v) is 5.19. The van der Waals surface area contributed by atoms with Crippen LogP contribution in [0.5, 0.6) is 0 Å². The lowest BCUT2D eigenvalue weighted by atomic mass is 9.89. The molecule has 0 saturated carbocycles. The zero-order valence-electron chi connectivity index (χ0n) is 20.8. The molecule has 5 rings (SSSR count). The van der Waals surface area contributed by atoms with Crippen molar-refractivity contribution >= 4 is 28.3 Å². The van der Waals surface area contributed by atoms with Crippen molar-refractivity contribution < 1.29 is 9.72 Å². The number of aromatic nitrogens is 3. The number of nitro groups is 1. The Hall–Kier alpha value is -4.11. The number of likely N-dealkylation sites (tertiary alicyclic amines) is 1. The molecule has 2 aromatic heterocycles. The summed E-state index contributed by atoms with van der Waals surface area (Å²) in [5.41, 5.74) is 4.59. The molecule has 0 radical (unpaired) electrons. The molecule has 1 aliphatic heterocycles. The van der Waals surface area contributed by atoms with E-state index in [2.05, 4.69) is 31.9 Å². The number of piperidine rings is 1. The van der Waals surface area contributed by atoms with E-state index >= 15 is 0 Å². The summed E-state index contributed by atoms with van der Waals surface area (Å²) in [5, 5.41) is 14.1. The topological polar surface area (TPSA) is 106 Å². The summed E-state index contributed by atoms with van der Waals surface area (Å²) < 4.78 is 2.15. The van der Waals surface area contributed by atoms with E-state index in [0.717, 1.165) is 68.0 Å². The SMILES string of the molecule is CC(=O)Nc1cccc(C2CCN(CCCn3c(-c4cccnc4)nc4cc([N+](=O)[O-])ccc43)CC2)c1. The minimum atomic E-state index is -0.387. The lowest BCUT2D eigenvalue weighted by molar-refractivity contribution is -0.384. The van der Waals surface area contributed by atoms with Crippen molar-refractivity contribution in [2.75, 3.05) is 25.0 Å². The fourth-order valence-electron chi connectivity index (χ4n) is 5.19. The van der Waals surface area contributed by atoms with E-state index in [9.17, 15) is 14.9 Å². The van der Waals surface area contributed by atoms with E-state index in [1.165, 1.54) is 18.6 Å². The molecule has 4 aromatic rings. The van der Waals surface area contributed by atoms with E-state index in [0.29, 0.717) is 11.4 Å². The van der Waals surface area contributed by atoms with Gasteiger partial charge in [-0.05, 0) is 80.7 Å². The van der Waals surface area contributed by atoms with Gasteiger partial charge in [0, 0.05) is 49.2 Å². The first-order valence-electron chi connectivity index (χ1n) is 12.6. The van der Waals surface area contributed by atoms with Crippen molar-refractivity contribution in [2.24, 2.45) is 0 Å². The smallest absolute Gasteiger partial charge is 0.271 e. The van der Waals surface area contributed by atoms with Crippen LogP contribution in [0.25, 0.3) is 22.4 Å². The summed E-state index contributed by atoms with van der Waals surface area (Å²) in [4.78, 5) is 33.7. The molecule has 3 heterocycles. The van der Waals surface area contributed by atoms with Gasteiger partial charge in [-0.25, -0.2) is 4.98 Å². The number of fused-ring (bicyclic) bond motifs is 1. The number of nitrogens with zero attached hydrogens (tertiary/aromatic N) is 5. The molecule has 1 aliphatic rings. The summed E-state index contributed by atoms with van der Waals surface area (Å²) >= 11 is 0. The first-order valence-corrected chi connectivity index (χ1v) is 12.6. The second-order valence-electron chi connectivity index (χ2n) is 9.53. The Kier molecular flexibility index (Phi) is 7.23. The molecule has 0 unspecified atom stereocenters. The zero-order chi connectivity index (χ0) is 25.8. The van der Waals surface area contributed by atoms with Crippen LogP contribution in [-0.4, -0.2) is 49.9 Å². The predicted molar refractivity (Wildman–Crippen MR) is 143 cm³/mol. The van der Waals surface area contributed by atoms with E-state index < -0.39 is 0 Å². The summed E-state index contributed by atoms with van der Waals surface area (Å²) in [6, 6.07) is 16.9. The van der Waals surface area contributed by atoms with Gasteiger partial charge in [0.2, 0.25) is 5.91 Å². The van der Waals surface area contributed by atoms with Crippen LogP contribution in [0, 0.1) is 10.1 Å². The molecule has 9 nitrogen and oxygen atoms in total. The summed E-state index contributed by atoms with van der Waals surface area (Å²) in [6.45, 7) is 5.32. The number of non-ortho nitro benzene ring substituents is 1. The van der Waals surface area contributed by atoms with Gasteiger partial charge in [-0.15, -0.1) is 0 Å². The van der Waals surface area contributed by atoms with Gasteiger partial charge in [-0.2, -0.15) is 0 Å². The highest BCUT2D eigenvalue weighted by atomic mass is 16.6. The van der Waals surface area contributed by atoms with Crippen LogP contribution in [0.2, 0.25) is 0 Å². The van der Waals surface area contributed by atoms with E-state index in [1.807, 2.05) is 24.3 Å². The molecular formula is C28H30N6O3. The van der Waals surface area contributed by atoms with Gasteiger partial charge >= 0.3 is 0 Å². The van der Waals surface area contributed by atoms with E-state index in [-0.39, 0.29) is 16.5 Å². The molecule has 0 atom stereocenters. The monoisotopic (exact) mass is 498 g/mol.